The second kappa shape index (κ2) is 8.07. The Morgan fingerprint density at radius 1 is 1.20 bits per heavy atom. The Kier molecular flexibility index (Phi) is 5.60. The molecule has 1 atom stereocenters. The van der Waals surface area contributed by atoms with E-state index in [9.17, 15) is 9.59 Å². The molecule has 0 bridgehead atoms. The van der Waals surface area contributed by atoms with Crippen molar-refractivity contribution in [1.82, 2.24) is 4.90 Å². The molecule has 25 heavy (non-hydrogen) atoms. The van der Waals surface area contributed by atoms with Crippen LogP contribution in [0, 0.1) is 6.92 Å². The molecule has 2 amide bonds. The van der Waals surface area contributed by atoms with Crippen LogP contribution < -0.4 is 5.32 Å². The first-order valence-corrected chi connectivity index (χ1v) is 9.21. The predicted octanol–water partition coefficient (Wildman–Crippen LogP) is 3.65. The van der Waals surface area contributed by atoms with Crippen LogP contribution in [0.25, 0.3) is 0 Å². The van der Waals surface area contributed by atoms with Crippen LogP contribution in [0.1, 0.15) is 11.1 Å². The SMILES string of the molecule is Cc1cccc(NC(=O)[C@@H]2CSCN2C(=O)OCc2ccccc2)c1. The third kappa shape index (κ3) is 4.54. The molecule has 0 spiro atoms. The van der Waals surface area contributed by atoms with E-state index in [2.05, 4.69) is 5.32 Å². The van der Waals surface area contributed by atoms with Crippen molar-refractivity contribution in [2.24, 2.45) is 0 Å². The van der Waals surface area contributed by atoms with Gasteiger partial charge >= 0.3 is 6.09 Å². The molecule has 0 unspecified atom stereocenters. The molecule has 0 radical (unpaired) electrons. The molecule has 5 nitrogen and oxygen atoms in total. The standard InChI is InChI=1S/C19H20N2O3S/c1-14-6-5-9-16(10-14)20-18(22)17-12-25-13-21(17)19(23)24-11-15-7-3-2-4-8-15/h2-10,17H,11-13H2,1H3,(H,20,22)/t17-/m0/s1. The molecule has 1 heterocycles. The summed E-state index contributed by atoms with van der Waals surface area (Å²) < 4.78 is 5.36. The van der Waals surface area contributed by atoms with Gasteiger partial charge in [0.05, 0.1) is 5.88 Å². The molecule has 130 valence electrons. The number of rotatable bonds is 4. The number of benzene rings is 2. The van der Waals surface area contributed by atoms with Crippen molar-refractivity contribution in [2.75, 3.05) is 16.9 Å². The van der Waals surface area contributed by atoms with Crippen LogP contribution in [0.2, 0.25) is 0 Å². The first-order chi connectivity index (χ1) is 12.1. The number of hydrogen-bond donors (Lipinski definition) is 1. The molecule has 1 aliphatic heterocycles. The second-order valence-electron chi connectivity index (χ2n) is 5.88. The van der Waals surface area contributed by atoms with Gasteiger partial charge in [0.25, 0.3) is 0 Å². The van der Waals surface area contributed by atoms with E-state index in [-0.39, 0.29) is 12.5 Å². The zero-order valence-corrected chi connectivity index (χ0v) is 14.8. The molecule has 1 fully saturated rings. The van der Waals surface area contributed by atoms with Gasteiger partial charge in [-0.1, -0.05) is 42.5 Å². The number of nitrogens with one attached hydrogen (secondary N) is 1. The number of ether oxygens (including phenoxy) is 1. The maximum absolute atomic E-state index is 12.5. The Bertz CT molecular complexity index is 751. The van der Waals surface area contributed by atoms with Gasteiger partial charge < -0.3 is 10.1 Å². The summed E-state index contributed by atoms with van der Waals surface area (Å²) >= 11 is 1.55. The third-order valence-corrected chi connectivity index (χ3v) is 4.92. The lowest BCUT2D eigenvalue weighted by atomic mass is 10.2. The van der Waals surface area contributed by atoms with Crippen LogP contribution >= 0.6 is 11.8 Å². The van der Waals surface area contributed by atoms with E-state index < -0.39 is 12.1 Å². The van der Waals surface area contributed by atoms with E-state index in [0.29, 0.717) is 11.6 Å². The number of anilines is 1. The summed E-state index contributed by atoms with van der Waals surface area (Å²) in [5, 5.41) is 2.88. The summed E-state index contributed by atoms with van der Waals surface area (Å²) in [6, 6.07) is 16.6. The van der Waals surface area contributed by atoms with E-state index in [1.54, 1.807) is 11.8 Å². The van der Waals surface area contributed by atoms with Crippen LogP contribution in [-0.2, 0) is 16.1 Å². The number of aryl methyl sites for hydroxylation is 1. The second-order valence-corrected chi connectivity index (χ2v) is 6.88. The van der Waals surface area contributed by atoms with Gasteiger partial charge in [-0.3, -0.25) is 9.69 Å². The van der Waals surface area contributed by atoms with E-state index in [1.165, 1.54) is 4.90 Å². The first kappa shape index (κ1) is 17.4. The summed E-state index contributed by atoms with van der Waals surface area (Å²) in [5.41, 5.74) is 2.72. The number of nitrogens with zero attached hydrogens (tertiary/aromatic N) is 1. The van der Waals surface area contributed by atoms with Crippen molar-refractivity contribution < 1.29 is 14.3 Å². The highest BCUT2D eigenvalue weighted by molar-refractivity contribution is 7.99. The van der Waals surface area contributed by atoms with Crippen molar-refractivity contribution in [1.29, 1.82) is 0 Å². The average molecular weight is 356 g/mol. The third-order valence-electron chi connectivity index (χ3n) is 3.91. The van der Waals surface area contributed by atoms with Gasteiger partial charge in [-0.25, -0.2) is 4.79 Å². The Balaban J connectivity index is 1.59. The van der Waals surface area contributed by atoms with Gasteiger partial charge in [0.1, 0.15) is 12.6 Å². The topological polar surface area (TPSA) is 58.6 Å². The van der Waals surface area contributed by atoms with Crippen molar-refractivity contribution in [3.63, 3.8) is 0 Å². The Morgan fingerprint density at radius 2 is 2.00 bits per heavy atom. The fraction of sp³-hybridized carbons (Fsp3) is 0.263. The van der Waals surface area contributed by atoms with Crippen molar-refractivity contribution in [3.05, 3.63) is 65.7 Å². The highest BCUT2D eigenvalue weighted by atomic mass is 32.2. The highest BCUT2D eigenvalue weighted by Gasteiger charge is 2.35. The lowest BCUT2D eigenvalue weighted by Gasteiger charge is -2.22. The summed E-state index contributed by atoms with van der Waals surface area (Å²) in [5.74, 6) is 0.838. The van der Waals surface area contributed by atoms with Crippen LogP contribution in [0.5, 0.6) is 0 Å². The molecule has 2 aromatic carbocycles. The van der Waals surface area contributed by atoms with E-state index in [4.69, 9.17) is 4.74 Å². The van der Waals surface area contributed by atoms with Gasteiger partial charge in [-0.15, -0.1) is 11.8 Å². The first-order valence-electron chi connectivity index (χ1n) is 8.06. The van der Waals surface area contributed by atoms with E-state index in [0.717, 1.165) is 16.8 Å². The number of hydrogen-bond acceptors (Lipinski definition) is 4. The summed E-state index contributed by atoms with van der Waals surface area (Å²) in [4.78, 5) is 26.4. The molecular formula is C19H20N2O3S. The molecule has 0 saturated carbocycles. The summed E-state index contributed by atoms with van der Waals surface area (Å²) in [6.45, 7) is 2.17. The maximum Gasteiger partial charge on any atom is 0.411 e. The van der Waals surface area contributed by atoms with E-state index in [1.807, 2.05) is 61.5 Å². The molecule has 0 aromatic heterocycles. The Morgan fingerprint density at radius 3 is 2.76 bits per heavy atom. The summed E-state index contributed by atoms with van der Waals surface area (Å²) in [6.07, 6.45) is -0.460. The van der Waals surface area contributed by atoms with Gasteiger partial charge in [-0.2, -0.15) is 0 Å². The van der Waals surface area contributed by atoms with Crippen LogP contribution in [0.3, 0.4) is 0 Å². The molecule has 1 saturated heterocycles. The van der Waals surface area contributed by atoms with Crippen molar-refractivity contribution in [2.45, 2.75) is 19.6 Å². The molecule has 6 heteroatoms. The number of carbonyl (C=O) groups excluding carboxylic acids is 2. The molecule has 0 aliphatic carbocycles. The van der Waals surface area contributed by atoms with E-state index >= 15 is 0 Å². The minimum absolute atomic E-state index is 0.188. The largest absolute Gasteiger partial charge is 0.445 e. The van der Waals surface area contributed by atoms with Crippen LogP contribution in [-0.4, -0.2) is 34.6 Å². The maximum atomic E-state index is 12.5. The Labute approximate surface area is 151 Å². The monoisotopic (exact) mass is 356 g/mol. The molecule has 3 rings (SSSR count). The van der Waals surface area contributed by atoms with Gasteiger partial charge in [-0.05, 0) is 30.2 Å². The molecule has 1 N–H and O–H groups in total. The predicted molar refractivity (Wildman–Crippen MR) is 99.4 cm³/mol. The minimum Gasteiger partial charge on any atom is -0.445 e. The van der Waals surface area contributed by atoms with Crippen molar-refractivity contribution >= 4 is 29.4 Å². The molecule has 1 aliphatic rings. The van der Waals surface area contributed by atoms with Gasteiger partial charge in [0, 0.05) is 11.4 Å². The normalized spacial score (nSPS) is 16.5. The lowest BCUT2D eigenvalue weighted by Crippen LogP contribution is -2.44. The zero-order valence-electron chi connectivity index (χ0n) is 14.0. The van der Waals surface area contributed by atoms with Gasteiger partial charge in [0.15, 0.2) is 0 Å². The fourth-order valence-corrected chi connectivity index (χ4v) is 3.73. The van der Waals surface area contributed by atoms with Gasteiger partial charge in [0.2, 0.25) is 5.91 Å². The van der Waals surface area contributed by atoms with Crippen LogP contribution in [0.4, 0.5) is 10.5 Å². The smallest absolute Gasteiger partial charge is 0.411 e. The number of amides is 2. The number of carbonyl (C=O) groups is 2. The minimum atomic E-state index is -0.520. The lowest BCUT2D eigenvalue weighted by molar-refractivity contribution is -0.119. The van der Waals surface area contributed by atoms with Crippen molar-refractivity contribution in [3.8, 4) is 0 Å². The summed E-state index contributed by atoms with van der Waals surface area (Å²) in [7, 11) is 0. The fourth-order valence-electron chi connectivity index (χ4n) is 2.59. The highest BCUT2D eigenvalue weighted by Crippen LogP contribution is 2.23. The molecular weight excluding hydrogens is 336 g/mol. The van der Waals surface area contributed by atoms with Crippen LogP contribution in [0.15, 0.2) is 54.6 Å². The number of thioether (sulfide) groups is 1. The quantitative estimate of drug-likeness (QED) is 0.908. The average Bonchev–Trinajstić information content (AvgIpc) is 3.10. The zero-order chi connectivity index (χ0) is 17.6. The molecule has 2 aromatic rings. The Hall–Kier alpha value is -2.47.